The molecule has 0 saturated heterocycles. The van der Waals surface area contributed by atoms with E-state index in [1.807, 2.05) is 48.5 Å². The second-order valence-electron chi connectivity index (χ2n) is 5.25. The molecule has 23 heavy (non-hydrogen) atoms. The van der Waals surface area contributed by atoms with E-state index in [2.05, 4.69) is 9.98 Å². The molecule has 0 spiro atoms. The zero-order valence-electron chi connectivity index (χ0n) is 12.4. The van der Waals surface area contributed by atoms with Crippen LogP contribution in [-0.2, 0) is 11.2 Å². The van der Waals surface area contributed by atoms with Gasteiger partial charge in [-0.2, -0.15) is 0 Å². The van der Waals surface area contributed by atoms with Crippen LogP contribution >= 0.6 is 0 Å². The lowest BCUT2D eigenvalue weighted by Crippen LogP contribution is -1.96. The molecule has 1 aromatic heterocycles. The van der Waals surface area contributed by atoms with Crippen LogP contribution in [0, 0.1) is 0 Å². The van der Waals surface area contributed by atoms with Crippen LogP contribution in [0.3, 0.4) is 0 Å². The summed E-state index contributed by atoms with van der Waals surface area (Å²) in [5.41, 5.74) is 3.21. The van der Waals surface area contributed by atoms with Crippen molar-refractivity contribution in [3.63, 3.8) is 0 Å². The summed E-state index contributed by atoms with van der Waals surface area (Å²) in [6.45, 7) is 0. The number of aliphatic imine (C=N–C) groups is 1. The summed E-state index contributed by atoms with van der Waals surface area (Å²) in [5, 5.41) is 19.6. The second-order valence-corrected chi connectivity index (χ2v) is 5.25. The number of hydrogen-bond donors (Lipinski definition) is 3. The summed E-state index contributed by atoms with van der Waals surface area (Å²) in [4.78, 5) is 17.8. The number of carboxylic acids is 1. The van der Waals surface area contributed by atoms with Crippen LogP contribution in [0.4, 0.5) is 5.69 Å². The van der Waals surface area contributed by atoms with Crippen molar-refractivity contribution in [2.24, 2.45) is 4.99 Å². The monoisotopic (exact) mass is 308 g/mol. The van der Waals surface area contributed by atoms with Gasteiger partial charge in [0.1, 0.15) is 0 Å². The molecule has 3 rings (SSSR count). The number of carbonyl (C=O) groups is 1. The van der Waals surface area contributed by atoms with Gasteiger partial charge >= 0.3 is 5.97 Å². The predicted molar refractivity (Wildman–Crippen MR) is 89.6 cm³/mol. The topological polar surface area (TPSA) is 85.7 Å². The van der Waals surface area contributed by atoms with Gasteiger partial charge < -0.3 is 15.2 Å². The number of aliphatic carboxylic acids is 1. The van der Waals surface area contributed by atoms with Crippen molar-refractivity contribution in [1.82, 2.24) is 4.98 Å². The third-order valence-corrected chi connectivity index (χ3v) is 3.63. The van der Waals surface area contributed by atoms with Gasteiger partial charge in [0.05, 0.1) is 11.3 Å². The zero-order chi connectivity index (χ0) is 16.2. The number of benzene rings is 2. The summed E-state index contributed by atoms with van der Waals surface area (Å²) in [6, 6.07) is 15.0. The van der Waals surface area contributed by atoms with E-state index in [0.717, 1.165) is 22.2 Å². The first kappa shape index (κ1) is 14.8. The Morgan fingerprint density at radius 2 is 1.87 bits per heavy atom. The standard InChI is InChI=1S/C18H16N2O3/c21-17(22)10-7-12-5-8-13(9-6-12)19-11-15-14-3-1-2-4-16(14)20-18(15)23/h1-6,8-9,11,20,23H,7,10H2,(H,21,22). The van der Waals surface area contributed by atoms with Crippen molar-refractivity contribution in [3.8, 4) is 5.88 Å². The van der Waals surface area contributed by atoms with E-state index in [9.17, 15) is 9.90 Å². The number of carboxylic acid groups (broad SMARTS) is 1. The quantitative estimate of drug-likeness (QED) is 0.629. The fraction of sp³-hybridized carbons (Fsp3) is 0.111. The average molecular weight is 308 g/mol. The van der Waals surface area contributed by atoms with Crippen LogP contribution in [0.1, 0.15) is 17.5 Å². The highest BCUT2D eigenvalue weighted by Gasteiger charge is 2.07. The molecule has 1 heterocycles. The smallest absolute Gasteiger partial charge is 0.303 e. The maximum absolute atomic E-state index is 10.6. The van der Waals surface area contributed by atoms with Crippen LogP contribution in [0.2, 0.25) is 0 Å². The number of para-hydroxylation sites is 1. The van der Waals surface area contributed by atoms with Crippen molar-refractivity contribution in [2.75, 3.05) is 0 Å². The maximum Gasteiger partial charge on any atom is 0.303 e. The van der Waals surface area contributed by atoms with Crippen LogP contribution in [0.15, 0.2) is 53.5 Å². The predicted octanol–water partition coefficient (Wildman–Crippen LogP) is 3.64. The number of aromatic nitrogens is 1. The fourth-order valence-electron chi connectivity index (χ4n) is 2.42. The Balaban J connectivity index is 1.79. The lowest BCUT2D eigenvalue weighted by molar-refractivity contribution is -0.136. The van der Waals surface area contributed by atoms with Crippen molar-refractivity contribution >= 4 is 28.8 Å². The molecular weight excluding hydrogens is 292 g/mol. The van der Waals surface area contributed by atoms with E-state index >= 15 is 0 Å². The third kappa shape index (κ3) is 3.40. The van der Waals surface area contributed by atoms with E-state index in [1.54, 1.807) is 6.21 Å². The Morgan fingerprint density at radius 1 is 1.13 bits per heavy atom. The van der Waals surface area contributed by atoms with E-state index in [1.165, 1.54) is 0 Å². The molecule has 0 amide bonds. The van der Waals surface area contributed by atoms with E-state index in [0.29, 0.717) is 12.0 Å². The number of H-pyrrole nitrogens is 1. The van der Waals surface area contributed by atoms with Gasteiger partial charge in [-0.15, -0.1) is 0 Å². The molecule has 5 heteroatoms. The van der Waals surface area contributed by atoms with Crippen LogP contribution in [0.5, 0.6) is 5.88 Å². The van der Waals surface area contributed by atoms with Gasteiger partial charge in [-0.05, 0) is 30.2 Å². The number of nitrogens with one attached hydrogen (secondary N) is 1. The molecule has 0 unspecified atom stereocenters. The molecule has 116 valence electrons. The minimum absolute atomic E-state index is 0.0908. The SMILES string of the molecule is O=C(O)CCc1ccc(N=Cc2c(O)[nH]c3ccccc23)cc1. The second kappa shape index (κ2) is 6.36. The van der Waals surface area contributed by atoms with Crippen molar-refractivity contribution in [3.05, 3.63) is 59.7 Å². The highest BCUT2D eigenvalue weighted by atomic mass is 16.4. The number of rotatable bonds is 5. The number of nitrogens with zero attached hydrogens (tertiary/aromatic N) is 1. The van der Waals surface area contributed by atoms with Crippen LogP contribution < -0.4 is 0 Å². The number of aromatic amines is 1. The summed E-state index contributed by atoms with van der Waals surface area (Å²) in [6.07, 6.45) is 2.24. The third-order valence-electron chi connectivity index (χ3n) is 3.63. The van der Waals surface area contributed by atoms with Gasteiger partial charge in [0, 0.05) is 23.5 Å². The maximum atomic E-state index is 10.6. The van der Waals surface area contributed by atoms with Crippen molar-refractivity contribution in [1.29, 1.82) is 0 Å². The Bertz CT molecular complexity index is 864. The molecule has 0 aliphatic heterocycles. The van der Waals surface area contributed by atoms with Gasteiger partial charge in [-0.1, -0.05) is 30.3 Å². The summed E-state index contributed by atoms with van der Waals surface area (Å²) in [5.74, 6) is -0.713. The summed E-state index contributed by atoms with van der Waals surface area (Å²) >= 11 is 0. The first-order chi connectivity index (χ1) is 11.1. The lowest BCUT2D eigenvalue weighted by atomic mass is 10.1. The highest BCUT2D eigenvalue weighted by Crippen LogP contribution is 2.26. The largest absolute Gasteiger partial charge is 0.494 e. The van der Waals surface area contributed by atoms with Crippen LogP contribution in [0.25, 0.3) is 10.9 Å². The molecular formula is C18H16N2O3. The van der Waals surface area contributed by atoms with Gasteiger partial charge in [0.2, 0.25) is 0 Å². The highest BCUT2D eigenvalue weighted by molar-refractivity contribution is 6.02. The minimum atomic E-state index is -0.804. The van der Waals surface area contributed by atoms with Crippen molar-refractivity contribution in [2.45, 2.75) is 12.8 Å². The molecule has 5 nitrogen and oxygen atoms in total. The van der Waals surface area contributed by atoms with Gasteiger partial charge in [-0.3, -0.25) is 9.79 Å². The fourth-order valence-corrected chi connectivity index (χ4v) is 2.42. The number of aromatic hydroxyl groups is 1. The normalized spacial score (nSPS) is 11.3. The van der Waals surface area contributed by atoms with Gasteiger partial charge in [0.15, 0.2) is 5.88 Å². The Hall–Kier alpha value is -3.08. The van der Waals surface area contributed by atoms with Crippen LogP contribution in [-0.4, -0.2) is 27.4 Å². The lowest BCUT2D eigenvalue weighted by Gasteiger charge is -1.99. The Morgan fingerprint density at radius 3 is 2.61 bits per heavy atom. The molecule has 0 saturated carbocycles. The molecule has 2 aromatic carbocycles. The molecule has 3 aromatic rings. The van der Waals surface area contributed by atoms with Gasteiger partial charge in [0.25, 0.3) is 0 Å². The number of aryl methyl sites for hydroxylation is 1. The zero-order valence-corrected chi connectivity index (χ0v) is 12.4. The Labute approximate surface area is 132 Å². The Kier molecular flexibility index (Phi) is 4.10. The first-order valence-electron chi connectivity index (χ1n) is 7.28. The molecule has 3 N–H and O–H groups in total. The van der Waals surface area contributed by atoms with Crippen molar-refractivity contribution < 1.29 is 15.0 Å². The van der Waals surface area contributed by atoms with E-state index in [4.69, 9.17) is 5.11 Å². The molecule has 0 bridgehead atoms. The molecule has 0 aliphatic rings. The molecule has 0 fully saturated rings. The first-order valence-corrected chi connectivity index (χ1v) is 7.28. The number of fused-ring (bicyclic) bond motifs is 1. The molecule has 0 atom stereocenters. The summed E-state index contributed by atoms with van der Waals surface area (Å²) in [7, 11) is 0. The number of hydrogen-bond acceptors (Lipinski definition) is 3. The summed E-state index contributed by atoms with van der Waals surface area (Å²) < 4.78 is 0. The molecule has 0 radical (unpaired) electrons. The van der Waals surface area contributed by atoms with E-state index < -0.39 is 5.97 Å². The van der Waals surface area contributed by atoms with Gasteiger partial charge in [-0.25, -0.2) is 0 Å². The minimum Gasteiger partial charge on any atom is -0.494 e. The molecule has 0 aliphatic carbocycles. The van der Waals surface area contributed by atoms with E-state index in [-0.39, 0.29) is 12.3 Å². The average Bonchev–Trinajstić information content (AvgIpc) is 2.87.